The zero-order valence-electron chi connectivity index (χ0n) is 13.8. The van der Waals surface area contributed by atoms with Crippen molar-refractivity contribution < 1.29 is 4.39 Å². The minimum absolute atomic E-state index is 0.193. The smallest absolute Gasteiger partial charge is 0.123 e. The first-order valence-corrected chi connectivity index (χ1v) is 8.02. The van der Waals surface area contributed by atoms with Crippen LogP contribution in [0.1, 0.15) is 16.7 Å². The van der Waals surface area contributed by atoms with E-state index in [4.69, 9.17) is 0 Å². The Kier molecular flexibility index (Phi) is 5.33. The van der Waals surface area contributed by atoms with Crippen molar-refractivity contribution in [2.24, 2.45) is 7.05 Å². The summed E-state index contributed by atoms with van der Waals surface area (Å²) in [5, 5.41) is 4.24. The Morgan fingerprint density at radius 3 is 2.46 bits per heavy atom. The van der Waals surface area contributed by atoms with E-state index in [1.54, 1.807) is 6.20 Å². The van der Waals surface area contributed by atoms with Gasteiger partial charge < -0.3 is 0 Å². The number of pyridine rings is 1. The predicted octanol–water partition coefficient (Wildman–Crippen LogP) is 3.20. The van der Waals surface area contributed by atoms with Crippen LogP contribution < -0.4 is 0 Å². The maximum absolute atomic E-state index is 13.0. The third kappa shape index (κ3) is 4.73. The molecule has 0 N–H and O–H groups in total. The normalized spacial score (nSPS) is 11.1. The molecule has 0 unspecified atom stereocenters. The standard InChI is InChI=1S/C19H21FN4/c1-23-13-18(12-22-23)15-24(14-17-3-2-9-21-11-17)10-8-16-4-6-19(20)7-5-16/h2-7,9,11-13H,8,10,14-15H2,1H3. The van der Waals surface area contributed by atoms with Crippen molar-refractivity contribution in [2.75, 3.05) is 6.54 Å². The molecule has 124 valence electrons. The summed E-state index contributed by atoms with van der Waals surface area (Å²) in [6, 6.07) is 10.8. The molecule has 0 spiro atoms. The van der Waals surface area contributed by atoms with Crippen LogP contribution in [0.25, 0.3) is 0 Å². The molecule has 3 aromatic rings. The second kappa shape index (κ2) is 7.84. The Hall–Kier alpha value is -2.53. The zero-order chi connectivity index (χ0) is 16.8. The van der Waals surface area contributed by atoms with Gasteiger partial charge in [0.15, 0.2) is 0 Å². The highest BCUT2D eigenvalue weighted by molar-refractivity contribution is 5.17. The fourth-order valence-corrected chi connectivity index (χ4v) is 2.71. The van der Waals surface area contributed by atoms with Crippen LogP contribution in [-0.2, 0) is 26.6 Å². The lowest BCUT2D eigenvalue weighted by Gasteiger charge is -2.21. The number of rotatable bonds is 7. The van der Waals surface area contributed by atoms with Crippen molar-refractivity contribution >= 4 is 0 Å². The molecular formula is C19H21FN4. The third-order valence-electron chi connectivity index (χ3n) is 3.92. The van der Waals surface area contributed by atoms with E-state index in [0.717, 1.165) is 31.6 Å². The molecule has 0 radical (unpaired) electrons. The van der Waals surface area contributed by atoms with Gasteiger partial charge in [-0.05, 0) is 35.7 Å². The van der Waals surface area contributed by atoms with Crippen LogP contribution in [0.3, 0.4) is 0 Å². The van der Waals surface area contributed by atoms with Crippen molar-refractivity contribution in [3.8, 4) is 0 Å². The van der Waals surface area contributed by atoms with Gasteiger partial charge in [-0.1, -0.05) is 18.2 Å². The van der Waals surface area contributed by atoms with E-state index < -0.39 is 0 Å². The molecule has 0 bridgehead atoms. The van der Waals surface area contributed by atoms with Gasteiger partial charge in [-0.25, -0.2) is 4.39 Å². The minimum Gasteiger partial charge on any atom is -0.294 e. The first-order chi connectivity index (χ1) is 11.7. The largest absolute Gasteiger partial charge is 0.294 e. The van der Waals surface area contributed by atoms with Gasteiger partial charge in [-0.15, -0.1) is 0 Å². The molecule has 5 heteroatoms. The van der Waals surface area contributed by atoms with Gasteiger partial charge in [0.2, 0.25) is 0 Å². The van der Waals surface area contributed by atoms with Crippen molar-refractivity contribution in [1.82, 2.24) is 19.7 Å². The summed E-state index contributed by atoms with van der Waals surface area (Å²) in [5.74, 6) is -0.193. The molecule has 3 rings (SSSR count). The van der Waals surface area contributed by atoms with Crippen LogP contribution in [0, 0.1) is 5.82 Å². The molecule has 1 aromatic carbocycles. The molecular weight excluding hydrogens is 303 g/mol. The van der Waals surface area contributed by atoms with E-state index in [2.05, 4.69) is 21.0 Å². The molecule has 4 nitrogen and oxygen atoms in total. The van der Waals surface area contributed by atoms with Gasteiger partial charge >= 0.3 is 0 Å². The Morgan fingerprint density at radius 1 is 1.00 bits per heavy atom. The van der Waals surface area contributed by atoms with Crippen LogP contribution in [0.15, 0.2) is 61.2 Å². The Balaban J connectivity index is 1.67. The Morgan fingerprint density at radius 2 is 1.79 bits per heavy atom. The number of hydrogen-bond acceptors (Lipinski definition) is 3. The molecule has 0 saturated heterocycles. The average Bonchev–Trinajstić information content (AvgIpc) is 3.00. The van der Waals surface area contributed by atoms with Crippen molar-refractivity contribution in [3.05, 3.63) is 83.7 Å². The van der Waals surface area contributed by atoms with Crippen LogP contribution in [0.4, 0.5) is 4.39 Å². The SMILES string of the molecule is Cn1cc(CN(CCc2ccc(F)cc2)Cc2cccnc2)cn1. The first kappa shape index (κ1) is 16.3. The van der Waals surface area contributed by atoms with Gasteiger partial charge in [0, 0.05) is 50.8 Å². The molecule has 2 heterocycles. The van der Waals surface area contributed by atoms with Gasteiger partial charge in [-0.2, -0.15) is 5.10 Å². The van der Waals surface area contributed by atoms with E-state index in [1.807, 2.05) is 48.5 Å². The van der Waals surface area contributed by atoms with E-state index in [1.165, 1.54) is 23.3 Å². The average molecular weight is 324 g/mol. The van der Waals surface area contributed by atoms with Crippen LogP contribution in [0.2, 0.25) is 0 Å². The van der Waals surface area contributed by atoms with E-state index in [-0.39, 0.29) is 5.82 Å². The predicted molar refractivity (Wildman–Crippen MR) is 91.7 cm³/mol. The lowest BCUT2D eigenvalue weighted by molar-refractivity contribution is 0.259. The van der Waals surface area contributed by atoms with Crippen LogP contribution >= 0.6 is 0 Å². The summed E-state index contributed by atoms with van der Waals surface area (Å²) in [6.45, 7) is 2.53. The monoisotopic (exact) mass is 324 g/mol. The second-order valence-electron chi connectivity index (χ2n) is 5.97. The quantitative estimate of drug-likeness (QED) is 0.669. The second-order valence-corrected chi connectivity index (χ2v) is 5.97. The minimum atomic E-state index is -0.193. The maximum atomic E-state index is 13.0. The van der Waals surface area contributed by atoms with Crippen molar-refractivity contribution in [1.29, 1.82) is 0 Å². The van der Waals surface area contributed by atoms with Crippen molar-refractivity contribution in [2.45, 2.75) is 19.5 Å². The fraction of sp³-hybridized carbons (Fsp3) is 0.263. The lowest BCUT2D eigenvalue weighted by atomic mass is 10.1. The molecule has 0 amide bonds. The topological polar surface area (TPSA) is 34.0 Å². The number of hydrogen-bond donors (Lipinski definition) is 0. The fourth-order valence-electron chi connectivity index (χ4n) is 2.71. The Bertz CT molecular complexity index is 753. The highest BCUT2D eigenvalue weighted by Gasteiger charge is 2.09. The molecule has 0 aliphatic heterocycles. The summed E-state index contributed by atoms with van der Waals surface area (Å²) in [4.78, 5) is 6.55. The van der Waals surface area contributed by atoms with Crippen molar-refractivity contribution in [3.63, 3.8) is 0 Å². The summed E-state index contributed by atoms with van der Waals surface area (Å²) in [7, 11) is 1.92. The first-order valence-electron chi connectivity index (χ1n) is 8.02. The highest BCUT2D eigenvalue weighted by atomic mass is 19.1. The molecule has 24 heavy (non-hydrogen) atoms. The molecule has 0 atom stereocenters. The molecule has 0 saturated carbocycles. The van der Waals surface area contributed by atoms with Crippen LogP contribution in [-0.4, -0.2) is 26.2 Å². The van der Waals surface area contributed by atoms with E-state index in [9.17, 15) is 4.39 Å². The number of nitrogens with zero attached hydrogens (tertiary/aromatic N) is 4. The number of benzene rings is 1. The van der Waals surface area contributed by atoms with Gasteiger partial charge in [0.25, 0.3) is 0 Å². The number of aromatic nitrogens is 3. The summed E-state index contributed by atoms with van der Waals surface area (Å²) >= 11 is 0. The molecule has 0 aliphatic rings. The van der Waals surface area contributed by atoms with Gasteiger partial charge in [-0.3, -0.25) is 14.6 Å². The van der Waals surface area contributed by atoms with Crippen LogP contribution in [0.5, 0.6) is 0 Å². The zero-order valence-corrected chi connectivity index (χ0v) is 13.8. The lowest BCUT2D eigenvalue weighted by Crippen LogP contribution is -2.25. The van der Waals surface area contributed by atoms with Gasteiger partial charge in [0.05, 0.1) is 6.20 Å². The van der Waals surface area contributed by atoms with E-state index >= 15 is 0 Å². The highest BCUT2D eigenvalue weighted by Crippen LogP contribution is 2.11. The Labute approximate surface area is 141 Å². The molecule has 2 aromatic heterocycles. The maximum Gasteiger partial charge on any atom is 0.123 e. The van der Waals surface area contributed by atoms with Gasteiger partial charge in [0.1, 0.15) is 5.82 Å². The third-order valence-corrected chi connectivity index (χ3v) is 3.92. The summed E-state index contributed by atoms with van der Waals surface area (Å²) < 4.78 is 14.9. The summed E-state index contributed by atoms with van der Waals surface area (Å²) in [6.07, 6.45) is 8.49. The number of halogens is 1. The number of aryl methyl sites for hydroxylation is 1. The summed E-state index contributed by atoms with van der Waals surface area (Å²) in [5.41, 5.74) is 3.50. The van der Waals surface area contributed by atoms with E-state index in [0.29, 0.717) is 0 Å². The molecule has 0 fully saturated rings. The molecule has 0 aliphatic carbocycles.